The van der Waals surface area contributed by atoms with E-state index in [1.807, 2.05) is 41.5 Å². The highest BCUT2D eigenvalue weighted by Crippen LogP contribution is 2.31. The molecule has 318 valence electrons. The molecule has 0 unspecified atom stereocenters. The first kappa shape index (κ1) is 48.4. The van der Waals surface area contributed by atoms with Gasteiger partial charge in [0.1, 0.15) is 17.5 Å². The fraction of sp³-hybridized carbons (Fsp3) is 0.732. The van der Waals surface area contributed by atoms with E-state index in [1.165, 1.54) is 21.3 Å². The zero-order valence-electron chi connectivity index (χ0n) is 36.1. The van der Waals surface area contributed by atoms with Gasteiger partial charge in [0.05, 0.1) is 61.9 Å². The van der Waals surface area contributed by atoms with Crippen molar-refractivity contribution < 1.29 is 43.3 Å². The molecule has 0 aliphatic carbocycles. The van der Waals surface area contributed by atoms with Crippen LogP contribution in [-0.4, -0.2) is 142 Å². The van der Waals surface area contributed by atoms with E-state index in [9.17, 15) is 24.4 Å². The quantitative estimate of drug-likeness (QED) is 0.0774. The van der Waals surface area contributed by atoms with E-state index in [0.29, 0.717) is 24.2 Å². The van der Waals surface area contributed by atoms with Crippen LogP contribution in [-0.2, 0) is 33.4 Å². The maximum atomic E-state index is 14.4. The lowest BCUT2D eigenvalue weighted by atomic mass is 9.89. The summed E-state index contributed by atoms with van der Waals surface area (Å²) in [5, 5.41) is 22.3. The molecule has 4 N–H and O–H groups in total. The lowest BCUT2D eigenvalue weighted by molar-refractivity contribution is -0.148. The zero-order valence-corrected chi connectivity index (χ0v) is 36.1. The number of rotatable bonds is 22. The van der Waals surface area contributed by atoms with Gasteiger partial charge in [-0.15, -0.1) is 0 Å². The maximum Gasteiger partial charge on any atom is 0.245 e. The van der Waals surface area contributed by atoms with Crippen molar-refractivity contribution >= 4 is 29.3 Å². The summed E-state index contributed by atoms with van der Waals surface area (Å²) in [4.78, 5) is 58.9. The molecule has 0 spiro atoms. The summed E-state index contributed by atoms with van der Waals surface area (Å²) in [5.74, 6) is -1.49. The van der Waals surface area contributed by atoms with E-state index in [2.05, 4.69) is 21.1 Å². The average molecular weight is 791 g/mol. The Hall–Kier alpha value is -3.79. The number of hydrogen-bond acceptors (Lipinski definition) is 11. The number of methoxy groups -OCH3 is 4. The predicted octanol–water partition coefficient (Wildman–Crippen LogP) is 3.31. The second kappa shape index (κ2) is 22.8. The number of amides is 4. The molecule has 4 amide bonds. The number of carbonyl (C=O) groups is 4. The third-order valence-electron chi connectivity index (χ3n) is 11.3. The molecule has 1 aliphatic rings. The second-order valence-electron chi connectivity index (χ2n) is 15.7. The largest absolute Gasteiger partial charge is 0.497 e. The number of benzene rings is 1. The first-order chi connectivity index (χ1) is 26.5. The fourth-order valence-corrected chi connectivity index (χ4v) is 7.79. The van der Waals surface area contributed by atoms with E-state index < -0.39 is 48.3 Å². The van der Waals surface area contributed by atoms with Crippen molar-refractivity contribution in [1.29, 1.82) is 0 Å². The van der Waals surface area contributed by atoms with E-state index in [1.54, 1.807) is 69.1 Å². The fourth-order valence-electron chi connectivity index (χ4n) is 7.79. The molecule has 1 aromatic carbocycles. The summed E-state index contributed by atoms with van der Waals surface area (Å²) in [6.45, 7) is 15.4. The molecular formula is C41H70N6O9. The summed E-state index contributed by atoms with van der Waals surface area (Å²) in [7, 11) is 9.60. The molecule has 0 saturated carbocycles. The van der Waals surface area contributed by atoms with E-state index >= 15 is 0 Å². The van der Waals surface area contributed by atoms with Crippen molar-refractivity contribution in [1.82, 2.24) is 25.8 Å². The van der Waals surface area contributed by atoms with E-state index in [-0.39, 0.29) is 66.2 Å². The van der Waals surface area contributed by atoms with Gasteiger partial charge < -0.3 is 49.9 Å². The predicted molar refractivity (Wildman–Crippen MR) is 216 cm³/mol. The summed E-state index contributed by atoms with van der Waals surface area (Å²) in [6, 6.07) is 4.06. The van der Waals surface area contributed by atoms with Gasteiger partial charge in [-0.1, -0.05) is 72.2 Å². The molecule has 56 heavy (non-hydrogen) atoms. The summed E-state index contributed by atoms with van der Waals surface area (Å²) < 4.78 is 23.0. The molecule has 15 heteroatoms. The first-order valence-corrected chi connectivity index (χ1v) is 19.7. The van der Waals surface area contributed by atoms with Gasteiger partial charge in [-0.2, -0.15) is 0 Å². The highest BCUT2D eigenvalue weighted by atomic mass is 16.5. The zero-order chi connectivity index (χ0) is 42.4. The van der Waals surface area contributed by atoms with Crippen LogP contribution < -0.4 is 20.7 Å². The third-order valence-corrected chi connectivity index (χ3v) is 11.3. The van der Waals surface area contributed by atoms with Crippen LogP contribution in [0.1, 0.15) is 80.2 Å². The average Bonchev–Trinajstić information content (AvgIpc) is 3.61. The van der Waals surface area contributed by atoms with Gasteiger partial charge in [0, 0.05) is 40.5 Å². The molecule has 0 radical (unpaired) electrons. The number of likely N-dealkylation sites (tertiary alicyclic amines) is 1. The van der Waals surface area contributed by atoms with E-state index in [0.717, 1.165) is 0 Å². The lowest BCUT2D eigenvalue weighted by Gasteiger charge is -2.41. The minimum absolute atomic E-state index is 0.0152. The SMILES string of the molecule is CC[C@H](C)[C@@H]([C@@H](CC(=O)N1C[C@H](OC)C[C@@H]1[C@H](OC)[C@@H](C)C(=O)N[C@H](C)/C(=N\O)c1cccc(OC)c1)OC)N(C)C(=O)[C@@H](NC(=O)[C@@H](NC)C(C)C)C(C)C. The Morgan fingerprint density at radius 1 is 0.946 bits per heavy atom. The molecule has 1 heterocycles. The molecule has 0 aromatic heterocycles. The van der Waals surface area contributed by atoms with Crippen molar-refractivity contribution in [2.24, 2.45) is 28.8 Å². The Morgan fingerprint density at radius 2 is 1.59 bits per heavy atom. The number of oxime groups is 1. The van der Waals surface area contributed by atoms with Crippen LogP contribution in [0.4, 0.5) is 0 Å². The van der Waals surface area contributed by atoms with Crippen LogP contribution in [0.25, 0.3) is 0 Å². The summed E-state index contributed by atoms with van der Waals surface area (Å²) in [6.07, 6.45) is -0.598. The second-order valence-corrected chi connectivity index (χ2v) is 15.7. The lowest BCUT2D eigenvalue weighted by Crippen LogP contribution is -2.59. The van der Waals surface area contributed by atoms with Gasteiger partial charge in [-0.05, 0) is 50.3 Å². The van der Waals surface area contributed by atoms with Crippen molar-refractivity contribution in [3.63, 3.8) is 0 Å². The van der Waals surface area contributed by atoms with Crippen LogP contribution in [0.5, 0.6) is 5.75 Å². The van der Waals surface area contributed by atoms with Crippen molar-refractivity contribution in [3.8, 4) is 5.75 Å². The van der Waals surface area contributed by atoms with Gasteiger partial charge in [0.2, 0.25) is 23.6 Å². The van der Waals surface area contributed by atoms with Gasteiger partial charge in [-0.3, -0.25) is 19.2 Å². The molecule has 1 fully saturated rings. The highest BCUT2D eigenvalue weighted by Gasteiger charge is 2.46. The maximum absolute atomic E-state index is 14.4. The highest BCUT2D eigenvalue weighted by molar-refractivity contribution is 6.05. The minimum atomic E-state index is -0.791. The first-order valence-electron chi connectivity index (χ1n) is 19.7. The van der Waals surface area contributed by atoms with Crippen molar-refractivity contribution in [2.45, 2.75) is 123 Å². The molecule has 1 saturated heterocycles. The van der Waals surface area contributed by atoms with Crippen molar-refractivity contribution in [3.05, 3.63) is 29.8 Å². The van der Waals surface area contributed by atoms with Crippen LogP contribution >= 0.6 is 0 Å². The molecular weight excluding hydrogens is 720 g/mol. The Kier molecular flexibility index (Phi) is 19.7. The number of likely N-dealkylation sites (N-methyl/N-ethyl adjacent to an activating group) is 2. The molecule has 1 aromatic rings. The van der Waals surface area contributed by atoms with Crippen LogP contribution in [0, 0.1) is 23.7 Å². The van der Waals surface area contributed by atoms with Crippen molar-refractivity contribution in [2.75, 3.05) is 49.1 Å². The number of nitrogens with one attached hydrogen (secondary N) is 3. The van der Waals surface area contributed by atoms with Gasteiger partial charge in [0.15, 0.2) is 0 Å². The standard InChI is InChI=1S/C41H70N6O9/c1-15-25(6)37(46(10)41(51)35(24(4)5)44-40(50)34(42-9)23(2)3)32(55-13)21-33(48)47-22-30(54-12)20-31(47)38(56-14)26(7)39(49)43-27(8)36(45-52)28-17-16-18-29(19-28)53-11/h16-19,23-27,30-32,34-35,37-38,42,52H,15,20-22H2,1-14H3,(H,43,49)(H,44,50)/b45-36+/t25-,26+,27+,30+,31+,32+,34-,35-,37-,38+/m0/s1. The molecule has 2 rings (SSSR count). The summed E-state index contributed by atoms with van der Waals surface area (Å²) >= 11 is 0. The number of ether oxygens (including phenoxy) is 4. The summed E-state index contributed by atoms with van der Waals surface area (Å²) in [5.41, 5.74) is 0.833. The van der Waals surface area contributed by atoms with Gasteiger partial charge in [0.25, 0.3) is 0 Å². The topological polar surface area (TPSA) is 180 Å². The van der Waals surface area contributed by atoms with Crippen LogP contribution in [0.2, 0.25) is 0 Å². The normalized spacial score (nSPS) is 20.4. The Labute approximate surface area is 334 Å². The molecule has 10 atom stereocenters. The molecule has 1 aliphatic heterocycles. The smallest absolute Gasteiger partial charge is 0.245 e. The van der Waals surface area contributed by atoms with Gasteiger partial charge in [-0.25, -0.2) is 0 Å². The Morgan fingerprint density at radius 3 is 2.09 bits per heavy atom. The van der Waals surface area contributed by atoms with Crippen LogP contribution in [0.15, 0.2) is 29.4 Å². The Balaban J connectivity index is 2.35. The minimum Gasteiger partial charge on any atom is -0.497 e. The molecule has 15 nitrogen and oxygen atoms in total. The number of nitrogens with zero attached hydrogens (tertiary/aromatic N) is 3. The van der Waals surface area contributed by atoms with Crippen LogP contribution in [0.3, 0.4) is 0 Å². The third kappa shape index (κ3) is 12.1. The Bertz CT molecular complexity index is 1460. The molecule has 0 bridgehead atoms. The number of carbonyl (C=O) groups excluding carboxylic acids is 4. The van der Waals surface area contributed by atoms with E-state index in [4.69, 9.17) is 18.9 Å². The number of hydrogen-bond donors (Lipinski definition) is 4. The van der Waals surface area contributed by atoms with Gasteiger partial charge >= 0.3 is 0 Å². The monoisotopic (exact) mass is 791 g/mol.